The third-order valence-corrected chi connectivity index (χ3v) is 3.63. The van der Waals surface area contributed by atoms with E-state index in [2.05, 4.69) is 6.92 Å². The van der Waals surface area contributed by atoms with E-state index in [4.69, 9.17) is 17.2 Å². The van der Waals surface area contributed by atoms with E-state index in [1.54, 1.807) is 0 Å². The number of anilines is 2. The number of amides is 1. The molecule has 2 rings (SSSR count). The number of benzene rings is 1. The molecule has 0 bridgehead atoms. The maximum Gasteiger partial charge on any atom is 1.00 e. The summed E-state index contributed by atoms with van der Waals surface area (Å²) in [5.41, 5.74) is 21.5. The monoisotopic (exact) mass is 270 g/mol. The van der Waals surface area contributed by atoms with Gasteiger partial charge in [-0.15, -0.1) is 5.41 Å². The SMILES string of the molecule is [CH2-]C1(C([NH-])=O)CCc2cc(N)c(N)cc2CC1.[K+]. The van der Waals surface area contributed by atoms with E-state index in [1.165, 1.54) is 0 Å². The molecule has 1 aliphatic rings. The standard InChI is InChI=1S/C13H18N3O.K/c1-13(12(16)17)4-2-8-6-10(14)11(15)7-9(8)3-5-13;/h6-7H,1-5,14-15H2,(H2,16,17);/q-1;+1/p-1. The summed E-state index contributed by atoms with van der Waals surface area (Å²) in [5.74, 6) is -0.578. The number of hydrogen-bond donors (Lipinski definition) is 2. The molecule has 0 radical (unpaired) electrons. The van der Waals surface area contributed by atoms with Gasteiger partial charge in [0.1, 0.15) is 0 Å². The third-order valence-electron chi connectivity index (χ3n) is 3.63. The van der Waals surface area contributed by atoms with E-state index in [0.29, 0.717) is 24.2 Å². The van der Waals surface area contributed by atoms with E-state index >= 15 is 0 Å². The molecule has 0 heterocycles. The van der Waals surface area contributed by atoms with E-state index < -0.39 is 11.3 Å². The number of carbonyl (C=O) groups excluding carboxylic acids is 1. The fourth-order valence-corrected chi connectivity index (χ4v) is 2.29. The molecule has 18 heavy (non-hydrogen) atoms. The fraction of sp³-hybridized carbons (Fsp3) is 0.385. The van der Waals surface area contributed by atoms with Gasteiger partial charge in [0.05, 0.1) is 11.4 Å². The summed E-state index contributed by atoms with van der Waals surface area (Å²) in [7, 11) is 0. The first-order valence-electron chi connectivity index (χ1n) is 5.70. The van der Waals surface area contributed by atoms with Crippen molar-refractivity contribution in [2.24, 2.45) is 5.41 Å². The van der Waals surface area contributed by atoms with Gasteiger partial charge in [0, 0.05) is 5.91 Å². The Balaban J connectivity index is 0.00000162. The predicted molar refractivity (Wildman–Crippen MR) is 69.0 cm³/mol. The van der Waals surface area contributed by atoms with E-state index in [1.807, 2.05) is 12.1 Å². The molecule has 0 fully saturated rings. The largest absolute Gasteiger partial charge is 1.00 e. The summed E-state index contributed by atoms with van der Waals surface area (Å²) in [5, 5.41) is 0. The molecule has 92 valence electrons. The minimum atomic E-state index is -0.775. The van der Waals surface area contributed by atoms with Gasteiger partial charge >= 0.3 is 51.4 Å². The van der Waals surface area contributed by atoms with Crippen LogP contribution in [-0.4, -0.2) is 5.91 Å². The third kappa shape index (κ3) is 3.08. The average molecular weight is 270 g/mol. The molecule has 1 aromatic carbocycles. The van der Waals surface area contributed by atoms with Crippen molar-refractivity contribution in [2.45, 2.75) is 25.7 Å². The molecule has 0 spiro atoms. The van der Waals surface area contributed by atoms with E-state index in [0.717, 1.165) is 24.0 Å². The number of aryl methyl sites for hydroxylation is 2. The number of hydrogen-bond acceptors (Lipinski definition) is 3. The number of carbonyl (C=O) groups is 1. The Hall–Kier alpha value is -0.0736. The van der Waals surface area contributed by atoms with Crippen LogP contribution in [0.4, 0.5) is 11.4 Å². The van der Waals surface area contributed by atoms with Gasteiger partial charge in [0.2, 0.25) is 0 Å². The molecule has 0 atom stereocenters. The summed E-state index contributed by atoms with van der Waals surface area (Å²) in [6.07, 6.45) is 2.67. The molecular weight excluding hydrogens is 253 g/mol. The topological polar surface area (TPSA) is 92.9 Å². The van der Waals surface area contributed by atoms with Crippen molar-refractivity contribution in [2.75, 3.05) is 11.5 Å². The Labute approximate surface area is 150 Å². The van der Waals surface area contributed by atoms with Crippen LogP contribution in [0.3, 0.4) is 0 Å². The molecule has 1 aromatic rings. The van der Waals surface area contributed by atoms with Crippen LogP contribution in [0.25, 0.3) is 5.73 Å². The second-order valence-corrected chi connectivity index (χ2v) is 4.86. The Morgan fingerprint density at radius 1 is 1.17 bits per heavy atom. The molecular formula is C13H17KN3O-. The summed E-state index contributed by atoms with van der Waals surface area (Å²) in [6.45, 7) is 3.92. The number of nitrogens with one attached hydrogen (secondary N) is 1. The second kappa shape index (κ2) is 5.92. The molecule has 0 saturated carbocycles. The number of fused-ring (bicyclic) bond motifs is 1. The zero-order valence-electron chi connectivity index (χ0n) is 10.8. The van der Waals surface area contributed by atoms with Crippen molar-refractivity contribution in [1.82, 2.24) is 0 Å². The van der Waals surface area contributed by atoms with Gasteiger partial charge in [-0.1, -0.05) is 12.8 Å². The van der Waals surface area contributed by atoms with Crippen molar-refractivity contribution in [1.29, 1.82) is 0 Å². The summed E-state index contributed by atoms with van der Waals surface area (Å²) >= 11 is 0. The van der Waals surface area contributed by atoms with Gasteiger partial charge in [-0.05, 0) is 36.1 Å². The van der Waals surface area contributed by atoms with Crippen molar-refractivity contribution in [3.05, 3.63) is 35.9 Å². The van der Waals surface area contributed by atoms with Gasteiger partial charge < -0.3 is 28.9 Å². The first-order chi connectivity index (χ1) is 7.92. The van der Waals surface area contributed by atoms with Crippen LogP contribution in [0.15, 0.2) is 12.1 Å². The number of nitrogens with two attached hydrogens (primary N) is 2. The van der Waals surface area contributed by atoms with Gasteiger partial charge in [0.25, 0.3) is 0 Å². The smallest absolute Gasteiger partial charge is 0.670 e. The van der Waals surface area contributed by atoms with Gasteiger partial charge in [-0.3, -0.25) is 0 Å². The average Bonchev–Trinajstić information content (AvgIpc) is 2.42. The van der Waals surface area contributed by atoms with Gasteiger partial charge in [-0.2, -0.15) is 0 Å². The van der Waals surface area contributed by atoms with Crippen LogP contribution in [0, 0.1) is 12.3 Å². The molecule has 1 aliphatic carbocycles. The van der Waals surface area contributed by atoms with Crippen LogP contribution in [0.1, 0.15) is 24.0 Å². The summed E-state index contributed by atoms with van der Waals surface area (Å²) in [6, 6.07) is 3.76. The van der Waals surface area contributed by atoms with Crippen molar-refractivity contribution in [3.8, 4) is 0 Å². The molecule has 5 N–H and O–H groups in total. The Morgan fingerprint density at radius 2 is 1.56 bits per heavy atom. The molecule has 5 heteroatoms. The predicted octanol–water partition coefficient (Wildman–Crippen LogP) is -0.867. The zero-order valence-corrected chi connectivity index (χ0v) is 13.9. The van der Waals surface area contributed by atoms with Gasteiger partial charge in [-0.25, -0.2) is 0 Å². The quantitative estimate of drug-likeness (QED) is 0.301. The second-order valence-electron chi connectivity index (χ2n) is 4.86. The molecule has 1 amide bonds. The van der Waals surface area contributed by atoms with E-state index in [-0.39, 0.29) is 51.4 Å². The first kappa shape index (κ1) is 16.0. The summed E-state index contributed by atoms with van der Waals surface area (Å²) < 4.78 is 0. The van der Waals surface area contributed by atoms with E-state index in [9.17, 15) is 4.79 Å². The minimum Gasteiger partial charge on any atom is -0.670 e. The van der Waals surface area contributed by atoms with Crippen molar-refractivity contribution >= 4 is 17.3 Å². The maximum atomic E-state index is 11.3. The van der Waals surface area contributed by atoms with Crippen molar-refractivity contribution < 1.29 is 56.2 Å². The molecule has 0 unspecified atom stereocenters. The molecule has 4 nitrogen and oxygen atoms in total. The van der Waals surface area contributed by atoms with Crippen LogP contribution in [-0.2, 0) is 17.6 Å². The Kier molecular flexibility index (Phi) is 5.26. The maximum absolute atomic E-state index is 11.3. The van der Waals surface area contributed by atoms with Crippen LogP contribution in [0.2, 0.25) is 0 Å². The van der Waals surface area contributed by atoms with Crippen molar-refractivity contribution in [3.63, 3.8) is 0 Å². The summed E-state index contributed by atoms with van der Waals surface area (Å²) in [4.78, 5) is 11.3. The Bertz CT molecular complexity index is 441. The number of rotatable bonds is 1. The minimum absolute atomic E-state index is 0. The fourth-order valence-electron chi connectivity index (χ4n) is 2.29. The van der Waals surface area contributed by atoms with Gasteiger partial charge in [0.15, 0.2) is 0 Å². The molecule has 0 aromatic heterocycles. The number of nitrogen functional groups attached to an aromatic ring is 2. The Morgan fingerprint density at radius 3 is 1.89 bits per heavy atom. The van der Waals surface area contributed by atoms with Crippen LogP contribution >= 0.6 is 0 Å². The molecule has 0 saturated heterocycles. The molecule has 0 aliphatic heterocycles. The van der Waals surface area contributed by atoms with Crippen LogP contribution < -0.4 is 62.9 Å². The van der Waals surface area contributed by atoms with Crippen LogP contribution in [0.5, 0.6) is 0 Å². The normalized spacial score (nSPS) is 17.2. The first-order valence-corrected chi connectivity index (χ1v) is 5.70. The zero-order chi connectivity index (χ0) is 12.6.